The van der Waals surface area contributed by atoms with E-state index in [0.717, 1.165) is 4.90 Å². The molecular weight excluding hydrogens is 645 g/mol. The number of Topliss-reactive ketones (excluding diaryl/α,β-unsaturated/α-hetero) is 1. The number of aliphatic carboxylic acids is 2. The third kappa shape index (κ3) is 10.1. The van der Waals surface area contributed by atoms with Crippen molar-refractivity contribution in [1.82, 2.24) is 15.3 Å². The fourth-order valence-electron chi connectivity index (χ4n) is 4.56. The molecule has 258 valence electrons. The van der Waals surface area contributed by atoms with Crippen LogP contribution in [0, 0.1) is 10.8 Å². The van der Waals surface area contributed by atoms with Crippen LogP contribution >= 0.6 is 0 Å². The maximum absolute atomic E-state index is 13.6. The predicted octanol–water partition coefficient (Wildman–Crippen LogP) is 0.898. The zero-order chi connectivity index (χ0) is 36.4. The van der Waals surface area contributed by atoms with Crippen LogP contribution < -0.4 is 22.2 Å². The van der Waals surface area contributed by atoms with Gasteiger partial charge in [-0.2, -0.15) is 18.2 Å². The van der Waals surface area contributed by atoms with Gasteiger partial charge in [0.25, 0.3) is 11.8 Å². The number of amides is 3. The Labute approximate surface area is 270 Å². The topological polar surface area (TPSA) is 273 Å². The molecule has 0 aliphatic carbocycles. The number of amidine groups is 2. The number of halogens is 3. The largest absolute Gasteiger partial charge is 0.490 e. The van der Waals surface area contributed by atoms with E-state index in [2.05, 4.69) is 10.7 Å². The van der Waals surface area contributed by atoms with Gasteiger partial charge in [0, 0.05) is 41.9 Å². The van der Waals surface area contributed by atoms with Gasteiger partial charge in [-0.3, -0.25) is 40.2 Å². The quantitative estimate of drug-likeness (QED) is 0.0887. The number of nitrogen functional groups attached to an aromatic ring is 2. The molecule has 1 aliphatic heterocycles. The van der Waals surface area contributed by atoms with Gasteiger partial charge in [-0.25, -0.2) is 4.79 Å². The Morgan fingerprint density at radius 2 is 1.38 bits per heavy atom. The molecule has 19 heteroatoms. The summed E-state index contributed by atoms with van der Waals surface area (Å²) in [5.41, 5.74) is 13.1. The fourth-order valence-corrected chi connectivity index (χ4v) is 4.56. The highest BCUT2D eigenvalue weighted by Gasteiger charge is 2.54. The van der Waals surface area contributed by atoms with E-state index in [0.29, 0.717) is 16.8 Å². The summed E-state index contributed by atoms with van der Waals surface area (Å²) >= 11 is 0. The third-order valence-electron chi connectivity index (χ3n) is 6.96. The highest BCUT2D eigenvalue weighted by molar-refractivity contribution is 6.11. The Bertz CT molecular complexity index is 1580. The summed E-state index contributed by atoms with van der Waals surface area (Å²) in [7, 11) is 0. The Hall–Kier alpha value is -5.85. The van der Waals surface area contributed by atoms with Crippen LogP contribution in [0.5, 0.6) is 0 Å². The molecule has 1 fully saturated rings. The highest BCUT2D eigenvalue weighted by atomic mass is 19.4. The summed E-state index contributed by atoms with van der Waals surface area (Å²) in [6, 6.07) is 12.2. The lowest BCUT2D eigenvalue weighted by molar-refractivity contribution is -0.192. The van der Waals surface area contributed by atoms with Crippen LogP contribution in [0.15, 0.2) is 48.5 Å². The van der Waals surface area contributed by atoms with Gasteiger partial charge in [0.2, 0.25) is 5.91 Å². The molecule has 10 N–H and O–H groups in total. The second kappa shape index (κ2) is 16.1. The fraction of sp³-hybridized carbons (Fsp3) is 0.310. The number of nitrogens with one attached hydrogen (secondary N) is 4. The zero-order valence-corrected chi connectivity index (χ0v) is 25.4. The molecule has 0 spiro atoms. The number of hydrazine groups is 1. The number of hydrogen-bond donors (Lipinski definition) is 8. The van der Waals surface area contributed by atoms with Crippen LogP contribution in [-0.4, -0.2) is 98.6 Å². The molecule has 3 rings (SSSR count). The monoisotopic (exact) mass is 678 g/mol. The number of nitrogens with zero attached hydrogens (tertiary/aromatic N) is 2. The van der Waals surface area contributed by atoms with Gasteiger partial charge >= 0.3 is 18.1 Å². The molecule has 1 heterocycles. The SMILES string of the molecule is CC(=O)[C@@]1(CCCC(=O)Nc2ccc(C(=N)N)cc2)C(=O)N(CC(=O)O)CCN1NC(=O)c1ccc(C(=N)N)cc1.O=C(O)C(F)(F)F. The standard InChI is InChI=1S/C27H32N8O6.C2HF3O2/c1-16(36)27(12-2-3-21(37)32-20-10-8-18(9-11-20)24(30)31)26(41)34(15-22(38)39)13-14-35(27)33-25(40)19-6-4-17(5-7-19)23(28)29;3-2(4,5)1(6)7/h4-11H,2-3,12-15H2,1H3,(H3,28,29)(H3,30,31)(H,32,37)(H,33,40)(H,38,39);(H,6,7)/t27-;/m0./s1. The first-order chi connectivity index (χ1) is 22.3. The summed E-state index contributed by atoms with van der Waals surface area (Å²) in [5.74, 6) is -6.73. The van der Waals surface area contributed by atoms with Crippen LogP contribution in [0.2, 0.25) is 0 Å². The number of rotatable bonds is 12. The summed E-state index contributed by atoms with van der Waals surface area (Å²) in [6.45, 7) is 0.462. The minimum Gasteiger partial charge on any atom is -0.480 e. The van der Waals surface area contributed by atoms with E-state index in [4.69, 9.17) is 32.2 Å². The van der Waals surface area contributed by atoms with E-state index in [9.17, 15) is 42.3 Å². The van der Waals surface area contributed by atoms with Gasteiger partial charge in [0.05, 0.1) is 0 Å². The Balaban J connectivity index is 0.00000103. The Kier molecular flexibility index (Phi) is 12.9. The average molecular weight is 679 g/mol. The second-order valence-corrected chi connectivity index (χ2v) is 10.3. The minimum atomic E-state index is -5.08. The number of carbonyl (C=O) groups is 6. The predicted molar refractivity (Wildman–Crippen MR) is 163 cm³/mol. The van der Waals surface area contributed by atoms with Gasteiger partial charge in [0.15, 0.2) is 11.3 Å². The van der Waals surface area contributed by atoms with E-state index in [1.165, 1.54) is 36.2 Å². The normalized spacial score (nSPS) is 16.2. The van der Waals surface area contributed by atoms with Crippen molar-refractivity contribution in [2.24, 2.45) is 11.5 Å². The molecule has 0 saturated carbocycles. The number of carboxylic acid groups (broad SMARTS) is 2. The molecule has 1 aliphatic rings. The summed E-state index contributed by atoms with van der Waals surface area (Å²) in [4.78, 5) is 73.7. The number of anilines is 1. The summed E-state index contributed by atoms with van der Waals surface area (Å²) in [6.07, 6.45) is -5.27. The zero-order valence-electron chi connectivity index (χ0n) is 25.4. The molecule has 1 atom stereocenters. The van der Waals surface area contributed by atoms with Crippen molar-refractivity contribution in [3.8, 4) is 0 Å². The van der Waals surface area contributed by atoms with Gasteiger partial charge in [0.1, 0.15) is 18.2 Å². The van der Waals surface area contributed by atoms with Crippen LogP contribution in [0.4, 0.5) is 18.9 Å². The molecule has 16 nitrogen and oxygen atoms in total. The van der Waals surface area contributed by atoms with Crippen molar-refractivity contribution in [3.63, 3.8) is 0 Å². The molecule has 0 aromatic heterocycles. The van der Waals surface area contributed by atoms with Gasteiger partial charge < -0.3 is 31.9 Å². The summed E-state index contributed by atoms with van der Waals surface area (Å²) < 4.78 is 31.7. The van der Waals surface area contributed by atoms with Gasteiger partial charge in [-0.15, -0.1) is 0 Å². The number of alkyl halides is 3. The van der Waals surface area contributed by atoms with Crippen LogP contribution in [-0.2, 0) is 24.0 Å². The van der Waals surface area contributed by atoms with Crippen molar-refractivity contribution in [2.45, 2.75) is 37.9 Å². The molecule has 0 radical (unpaired) electrons. The van der Waals surface area contributed by atoms with Crippen molar-refractivity contribution in [1.29, 1.82) is 10.8 Å². The van der Waals surface area contributed by atoms with Crippen molar-refractivity contribution in [3.05, 3.63) is 65.2 Å². The Morgan fingerprint density at radius 1 is 0.896 bits per heavy atom. The number of piperazine rings is 1. The van der Waals surface area contributed by atoms with E-state index in [1.807, 2.05) is 0 Å². The van der Waals surface area contributed by atoms with Crippen LogP contribution in [0.25, 0.3) is 0 Å². The molecule has 0 unspecified atom stereocenters. The minimum absolute atomic E-state index is 0.0371. The number of ketones is 1. The van der Waals surface area contributed by atoms with Gasteiger partial charge in [-0.05, 0) is 56.2 Å². The number of carboxylic acids is 2. The maximum atomic E-state index is 13.6. The molecule has 2 aromatic rings. The number of nitrogens with two attached hydrogens (primary N) is 2. The van der Waals surface area contributed by atoms with Gasteiger partial charge in [-0.1, -0.05) is 12.1 Å². The van der Waals surface area contributed by atoms with Crippen molar-refractivity contribution in [2.75, 3.05) is 25.0 Å². The summed E-state index contributed by atoms with van der Waals surface area (Å²) in [5, 5.41) is 35.3. The van der Waals surface area contributed by atoms with E-state index < -0.39 is 53.7 Å². The highest BCUT2D eigenvalue weighted by Crippen LogP contribution is 2.29. The lowest BCUT2D eigenvalue weighted by Gasteiger charge is -2.47. The van der Waals surface area contributed by atoms with Crippen molar-refractivity contribution >= 4 is 52.8 Å². The number of carbonyl (C=O) groups excluding carboxylic acids is 4. The van der Waals surface area contributed by atoms with E-state index in [-0.39, 0.29) is 49.6 Å². The molecule has 0 bridgehead atoms. The number of benzene rings is 2. The molecule has 48 heavy (non-hydrogen) atoms. The molecule has 1 saturated heterocycles. The van der Waals surface area contributed by atoms with Crippen molar-refractivity contribution < 1.29 is 52.2 Å². The second-order valence-electron chi connectivity index (χ2n) is 10.3. The average Bonchev–Trinajstić information content (AvgIpc) is 2.99. The first-order valence-electron chi connectivity index (χ1n) is 13.9. The Morgan fingerprint density at radius 3 is 1.81 bits per heavy atom. The maximum Gasteiger partial charge on any atom is 0.490 e. The molecule has 2 aromatic carbocycles. The lowest BCUT2D eigenvalue weighted by atomic mass is 9.84. The molecular formula is C29H33F3N8O8. The van der Waals surface area contributed by atoms with E-state index in [1.54, 1.807) is 24.3 Å². The number of hydrogen-bond acceptors (Lipinski definition) is 9. The van der Waals surface area contributed by atoms with Crippen LogP contribution in [0.3, 0.4) is 0 Å². The lowest BCUT2D eigenvalue weighted by Crippen LogP contribution is -2.73. The van der Waals surface area contributed by atoms with E-state index >= 15 is 0 Å². The molecule has 3 amide bonds. The third-order valence-corrected chi connectivity index (χ3v) is 6.96. The first-order valence-corrected chi connectivity index (χ1v) is 13.9. The van der Waals surface area contributed by atoms with Crippen LogP contribution in [0.1, 0.15) is 47.7 Å². The first kappa shape index (κ1) is 38.3. The smallest absolute Gasteiger partial charge is 0.480 e.